The summed E-state index contributed by atoms with van der Waals surface area (Å²) in [4.78, 5) is 0. The van der Waals surface area contributed by atoms with Crippen molar-refractivity contribution in [3.05, 3.63) is 59.7 Å². The molecule has 0 saturated carbocycles. The third-order valence-electron chi connectivity index (χ3n) is 3.15. The maximum atomic E-state index is 6.06. The van der Waals surface area contributed by atoms with Gasteiger partial charge in [0.2, 0.25) is 0 Å². The van der Waals surface area contributed by atoms with Gasteiger partial charge < -0.3 is 10.1 Å². The van der Waals surface area contributed by atoms with Crippen molar-refractivity contribution in [3.63, 3.8) is 0 Å². The highest BCUT2D eigenvalue weighted by molar-refractivity contribution is 5.40. The maximum Gasteiger partial charge on any atom is 0.131 e. The van der Waals surface area contributed by atoms with Gasteiger partial charge in [0.05, 0.1) is 0 Å². The first kappa shape index (κ1) is 14.6. The standard InChI is InChI=1S/C18H23NO/c1-14(2)12-19-13-16-9-5-7-11-18(16)20-17-10-6-4-8-15(17)3/h4-11,14,19H,12-13H2,1-3H3. The van der Waals surface area contributed by atoms with Crippen molar-refractivity contribution < 1.29 is 4.74 Å². The fraction of sp³-hybridized carbons (Fsp3) is 0.333. The fourth-order valence-electron chi connectivity index (χ4n) is 2.03. The van der Waals surface area contributed by atoms with Crippen molar-refractivity contribution in [1.29, 1.82) is 0 Å². The maximum absolute atomic E-state index is 6.06. The Kier molecular flexibility index (Phi) is 5.19. The van der Waals surface area contributed by atoms with Crippen molar-refractivity contribution in [2.24, 2.45) is 5.92 Å². The van der Waals surface area contributed by atoms with Crippen molar-refractivity contribution in [2.75, 3.05) is 6.54 Å². The molecule has 2 aromatic carbocycles. The van der Waals surface area contributed by atoms with Gasteiger partial charge in [0.25, 0.3) is 0 Å². The molecule has 106 valence electrons. The molecule has 0 aliphatic rings. The molecule has 0 fully saturated rings. The highest BCUT2D eigenvalue weighted by Gasteiger charge is 2.06. The molecule has 2 heteroatoms. The largest absolute Gasteiger partial charge is 0.457 e. The van der Waals surface area contributed by atoms with Crippen molar-refractivity contribution in [3.8, 4) is 11.5 Å². The molecule has 1 N–H and O–H groups in total. The van der Waals surface area contributed by atoms with E-state index in [9.17, 15) is 0 Å². The smallest absolute Gasteiger partial charge is 0.131 e. The lowest BCUT2D eigenvalue weighted by atomic mass is 10.1. The van der Waals surface area contributed by atoms with Gasteiger partial charge in [-0.15, -0.1) is 0 Å². The normalized spacial score (nSPS) is 10.8. The van der Waals surface area contributed by atoms with Crippen molar-refractivity contribution >= 4 is 0 Å². The second kappa shape index (κ2) is 7.11. The van der Waals surface area contributed by atoms with E-state index in [-0.39, 0.29) is 0 Å². The second-order valence-electron chi connectivity index (χ2n) is 5.50. The van der Waals surface area contributed by atoms with Gasteiger partial charge in [0.1, 0.15) is 11.5 Å². The molecule has 0 spiro atoms. The van der Waals surface area contributed by atoms with Crippen LogP contribution >= 0.6 is 0 Å². The third-order valence-corrected chi connectivity index (χ3v) is 3.15. The number of nitrogens with one attached hydrogen (secondary N) is 1. The summed E-state index contributed by atoms with van der Waals surface area (Å²) in [7, 11) is 0. The Labute approximate surface area is 121 Å². The van der Waals surface area contributed by atoms with E-state index in [2.05, 4.69) is 44.3 Å². The zero-order valence-electron chi connectivity index (χ0n) is 12.5. The SMILES string of the molecule is Cc1ccccc1Oc1ccccc1CNCC(C)C. The number of aryl methyl sites for hydroxylation is 1. The molecule has 0 radical (unpaired) electrons. The predicted octanol–water partition coefficient (Wildman–Crippen LogP) is 4.53. The van der Waals surface area contributed by atoms with Crippen LogP contribution in [-0.4, -0.2) is 6.54 Å². The minimum Gasteiger partial charge on any atom is -0.457 e. The van der Waals surface area contributed by atoms with Crippen molar-refractivity contribution in [1.82, 2.24) is 5.32 Å². The average Bonchev–Trinajstić information content (AvgIpc) is 2.43. The quantitative estimate of drug-likeness (QED) is 0.831. The van der Waals surface area contributed by atoms with Gasteiger partial charge in [-0.2, -0.15) is 0 Å². The Morgan fingerprint density at radius 3 is 2.30 bits per heavy atom. The first-order chi connectivity index (χ1) is 9.66. The zero-order chi connectivity index (χ0) is 14.4. The van der Waals surface area contributed by atoms with E-state index in [1.807, 2.05) is 30.3 Å². The third kappa shape index (κ3) is 4.10. The van der Waals surface area contributed by atoms with Crippen LogP contribution in [0.25, 0.3) is 0 Å². The van der Waals surface area contributed by atoms with E-state index in [1.54, 1.807) is 0 Å². The molecule has 2 nitrogen and oxygen atoms in total. The number of benzene rings is 2. The van der Waals surface area contributed by atoms with E-state index in [0.29, 0.717) is 5.92 Å². The summed E-state index contributed by atoms with van der Waals surface area (Å²) in [5.74, 6) is 2.50. The monoisotopic (exact) mass is 269 g/mol. The Balaban J connectivity index is 2.10. The molecule has 0 aliphatic carbocycles. The summed E-state index contributed by atoms with van der Waals surface area (Å²) < 4.78 is 6.06. The predicted molar refractivity (Wildman–Crippen MR) is 84.2 cm³/mol. The number of hydrogen-bond acceptors (Lipinski definition) is 2. The molecule has 0 amide bonds. The summed E-state index contributed by atoms with van der Waals surface area (Å²) in [6.07, 6.45) is 0. The molecule has 2 aromatic rings. The number of para-hydroxylation sites is 2. The summed E-state index contributed by atoms with van der Waals surface area (Å²) >= 11 is 0. The molecule has 20 heavy (non-hydrogen) atoms. The van der Waals surface area contributed by atoms with Crippen LogP contribution in [0.5, 0.6) is 11.5 Å². The van der Waals surface area contributed by atoms with Crippen LogP contribution in [-0.2, 0) is 6.54 Å². The molecule has 0 atom stereocenters. The average molecular weight is 269 g/mol. The van der Waals surface area contributed by atoms with Crippen LogP contribution in [0.3, 0.4) is 0 Å². The van der Waals surface area contributed by atoms with Gasteiger partial charge in [0, 0.05) is 12.1 Å². The minimum absolute atomic E-state index is 0.652. The lowest BCUT2D eigenvalue weighted by Gasteiger charge is -2.14. The molecule has 2 rings (SSSR count). The van der Waals surface area contributed by atoms with Gasteiger partial charge in [-0.3, -0.25) is 0 Å². The van der Waals surface area contributed by atoms with Gasteiger partial charge in [-0.05, 0) is 37.1 Å². The molecule has 0 saturated heterocycles. The van der Waals surface area contributed by atoms with E-state index >= 15 is 0 Å². The molecule has 0 bridgehead atoms. The molecular weight excluding hydrogens is 246 g/mol. The number of rotatable bonds is 6. The molecule has 0 aliphatic heterocycles. The first-order valence-corrected chi connectivity index (χ1v) is 7.19. The van der Waals surface area contributed by atoms with Gasteiger partial charge in [-0.25, -0.2) is 0 Å². The minimum atomic E-state index is 0.652. The highest BCUT2D eigenvalue weighted by atomic mass is 16.5. The highest BCUT2D eigenvalue weighted by Crippen LogP contribution is 2.27. The Morgan fingerprint density at radius 2 is 1.60 bits per heavy atom. The zero-order valence-corrected chi connectivity index (χ0v) is 12.5. The Hall–Kier alpha value is -1.80. The topological polar surface area (TPSA) is 21.3 Å². The summed E-state index contributed by atoms with van der Waals surface area (Å²) in [6.45, 7) is 8.33. The summed E-state index contributed by atoms with van der Waals surface area (Å²) in [5.41, 5.74) is 2.34. The molecule has 0 heterocycles. The van der Waals surface area contributed by atoms with Crippen LogP contribution in [0.2, 0.25) is 0 Å². The lowest BCUT2D eigenvalue weighted by molar-refractivity contribution is 0.466. The van der Waals surface area contributed by atoms with E-state index < -0.39 is 0 Å². The van der Waals surface area contributed by atoms with Gasteiger partial charge in [-0.1, -0.05) is 50.2 Å². The van der Waals surface area contributed by atoms with Gasteiger partial charge >= 0.3 is 0 Å². The number of ether oxygens (including phenoxy) is 1. The second-order valence-corrected chi connectivity index (χ2v) is 5.50. The van der Waals surface area contributed by atoms with Crippen molar-refractivity contribution in [2.45, 2.75) is 27.3 Å². The van der Waals surface area contributed by atoms with Crippen LogP contribution < -0.4 is 10.1 Å². The Morgan fingerprint density at radius 1 is 0.950 bits per heavy atom. The van der Waals surface area contributed by atoms with E-state index in [1.165, 1.54) is 5.56 Å². The van der Waals surface area contributed by atoms with E-state index in [0.717, 1.165) is 30.2 Å². The fourth-order valence-corrected chi connectivity index (χ4v) is 2.03. The van der Waals surface area contributed by atoms with Gasteiger partial charge in [0.15, 0.2) is 0 Å². The van der Waals surface area contributed by atoms with Crippen LogP contribution in [0, 0.1) is 12.8 Å². The summed E-state index contributed by atoms with van der Waals surface area (Å²) in [5, 5.41) is 3.46. The first-order valence-electron chi connectivity index (χ1n) is 7.19. The summed E-state index contributed by atoms with van der Waals surface area (Å²) in [6, 6.07) is 16.3. The molecular formula is C18H23NO. The van der Waals surface area contributed by atoms with E-state index in [4.69, 9.17) is 4.74 Å². The molecule has 0 unspecified atom stereocenters. The van der Waals surface area contributed by atoms with Crippen LogP contribution in [0.4, 0.5) is 0 Å². The lowest BCUT2D eigenvalue weighted by Crippen LogP contribution is -2.19. The Bertz CT molecular complexity index is 549. The number of hydrogen-bond donors (Lipinski definition) is 1. The molecule has 0 aromatic heterocycles. The van der Waals surface area contributed by atoms with Crippen LogP contribution in [0.15, 0.2) is 48.5 Å². The van der Waals surface area contributed by atoms with Crippen LogP contribution in [0.1, 0.15) is 25.0 Å².